The van der Waals surface area contributed by atoms with Crippen molar-refractivity contribution in [3.63, 3.8) is 0 Å². The molecule has 0 aromatic heterocycles. The fourth-order valence-electron chi connectivity index (χ4n) is 8.38. The molecule has 1 aliphatic heterocycles. The summed E-state index contributed by atoms with van der Waals surface area (Å²) < 4.78 is 6.26. The molecule has 124 valence electrons. The van der Waals surface area contributed by atoms with Gasteiger partial charge in [0, 0.05) is 6.42 Å². The van der Waals surface area contributed by atoms with E-state index >= 15 is 0 Å². The standard InChI is InChI=1S/C21H34O/c1-19-10-4-3-5-15(19)6-7-16-17(19)8-11-20(2)18(16)9-12-21(20)13-14-22-21/h15-18H,3-14H2,1-2H3/t15-,16+,17+,18-,19+,20+,21-/m1/s1. The second-order valence-corrected chi connectivity index (χ2v) is 9.99. The number of hydrogen-bond donors (Lipinski definition) is 0. The van der Waals surface area contributed by atoms with Crippen LogP contribution >= 0.6 is 0 Å². The van der Waals surface area contributed by atoms with E-state index in [1.54, 1.807) is 6.42 Å². The second-order valence-electron chi connectivity index (χ2n) is 9.99. The molecule has 4 saturated carbocycles. The van der Waals surface area contributed by atoms with Crippen LogP contribution < -0.4 is 0 Å². The van der Waals surface area contributed by atoms with Crippen LogP contribution in [0, 0.1) is 34.5 Å². The van der Waals surface area contributed by atoms with E-state index in [2.05, 4.69) is 13.8 Å². The quantitative estimate of drug-likeness (QED) is 0.567. The van der Waals surface area contributed by atoms with Gasteiger partial charge in [0.05, 0.1) is 12.2 Å². The van der Waals surface area contributed by atoms with E-state index in [-0.39, 0.29) is 0 Å². The molecule has 5 rings (SSSR count). The fraction of sp³-hybridized carbons (Fsp3) is 1.00. The summed E-state index contributed by atoms with van der Waals surface area (Å²) in [5, 5.41) is 0. The monoisotopic (exact) mass is 302 g/mol. The van der Waals surface area contributed by atoms with Gasteiger partial charge in [-0.05, 0) is 85.9 Å². The lowest BCUT2D eigenvalue weighted by Gasteiger charge is -2.63. The van der Waals surface area contributed by atoms with Crippen molar-refractivity contribution in [3.8, 4) is 0 Å². The molecule has 1 saturated heterocycles. The molecule has 1 spiro atoms. The molecule has 5 aliphatic rings. The largest absolute Gasteiger partial charge is 0.374 e. The predicted molar refractivity (Wildman–Crippen MR) is 89.6 cm³/mol. The highest BCUT2D eigenvalue weighted by atomic mass is 16.5. The number of fused-ring (bicyclic) bond motifs is 6. The molecular weight excluding hydrogens is 268 g/mol. The van der Waals surface area contributed by atoms with Crippen molar-refractivity contribution in [2.24, 2.45) is 34.5 Å². The van der Waals surface area contributed by atoms with Crippen LogP contribution in [0.5, 0.6) is 0 Å². The summed E-state index contributed by atoms with van der Waals surface area (Å²) in [5.74, 6) is 4.11. The van der Waals surface area contributed by atoms with Gasteiger partial charge in [0.2, 0.25) is 0 Å². The zero-order chi connectivity index (χ0) is 15.0. The van der Waals surface area contributed by atoms with E-state index < -0.39 is 0 Å². The van der Waals surface area contributed by atoms with Gasteiger partial charge in [-0.15, -0.1) is 0 Å². The van der Waals surface area contributed by atoms with Gasteiger partial charge in [-0.1, -0.05) is 26.7 Å². The van der Waals surface area contributed by atoms with Crippen LogP contribution in [0.2, 0.25) is 0 Å². The molecular formula is C21H34O. The maximum absolute atomic E-state index is 6.26. The molecule has 5 fully saturated rings. The van der Waals surface area contributed by atoms with Crippen molar-refractivity contribution < 1.29 is 4.74 Å². The zero-order valence-electron chi connectivity index (χ0n) is 14.7. The van der Waals surface area contributed by atoms with Gasteiger partial charge in [-0.3, -0.25) is 0 Å². The molecule has 0 bridgehead atoms. The molecule has 7 atom stereocenters. The Labute approximate surface area is 136 Å². The average Bonchev–Trinajstić information content (AvgIpc) is 2.79. The van der Waals surface area contributed by atoms with Gasteiger partial charge >= 0.3 is 0 Å². The highest BCUT2D eigenvalue weighted by Crippen LogP contribution is 2.70. The summed E-state index contributed by atoms with van der Waals surface area (Å²) in [7, 11) is 0. The van der Waals surface area contributed by atoms with Gasteiger partial charge in [-0.25, -0.2) is 0 Å². The lowest BCUT2D eigenvalue weighted by molar-refractivity contribution is -0.231. The van der Waals surface area contributed by atoms with Crippen LogP contribution in [0.15, 0.2) is 0 Å². The van der Waals surface area contributed by atoms with Gasteiger partial charge < -0.3 is 4.74 Å². The number of ether oxygens (including phenoxy) is 1. The Balaban J connectivity index is 1.47. The molecule has 22 heavy (non-hydrogen) atoms. The van der Waals surface area contributed by atoms with Crippen molar-refractivity contribution >= 4 is 0 Å². The molecule has 0 unspecified atom stereocenters. The van der Waals surface area contributed by atoms with Crippen LogP contribution in [0.3, 0.4) is 0 Å². The molecule has 0 aromatic rings. The Morgan fingerprint density at radius 2 is 1.59 bits per heavy atom. The third-order valence-electron chi connectivity index (χ3n) is 9.76. The third kappa shape index (κ3) is 1.55. The lowest BCUT2D eigenvalue weighted by atomic mass is 9.44. The van der Waals surface area contributed by atoms with Gasteiger partial charge in [-0.2, -0.15) is 0 Å². The summed E-state index contributed by atoms with van der Waals surface area (Å²) in [6.07, 6.45) is 16.3. The van der Waals surface area contributed by atoms with Crippen molar-refractivity contribution in [3.05, 3.63) is 0 Å². The minimum atomic E-state index is 0.312. The van der Waals surface area contributed by atoms with Crippen molar-refractivity contribution in [2.45, 2.75) is 90.1 Å². The first kappa shape index (κ1) is 14.3. The maximum atomic E-state index is 6.26. The first-order valence-electron chi connectivity index (χ1n) is 10.2. The van der Waals surface area contributed by atoms with E-state index in [0.29, 0.717) is 16.4 Å². The fourth-order valence-corrected chi connectivity index (χ4v) is 8.38. The average molecular weight is 303 g/mol. The first-order chi connectivity index (χ1) is 10.6. The Hall–Kier alpha value is -0.0400. The smallest absolute Gasteiger partial charge is 0.0760 e. The third-order valence-corrected chi connectivity index (χ3v) is 9.76. The Morgan fingerprint density at radius 1 is 0.773 bits per heavy atom. The van der Waals surface area contributed by atoms with Gasteiger partial charge in [0.25, 0.3) is 0 Å². The molecule has 1 heteroatoms. The lowest BCUT2D eigenvalue weighted by Crippen LogP contribution is -2.59. The van der Waals surface area contributed by atoms with E-state index in [4.69, 9.17) is 4.74 Å². The molecule has 1 heterocycles. The number of hydrogen-bond acceptors (Lipinski definition) is 1. The topological polar surface area (TPSA) is 9.23 Å². The van der Waals surface area contributed by atoms with E-state index in [0.717, 1.165) is 30.3 Å². The molecule has 0 radical (unpaired) electrons. The Kier molecular flexibility index (Phi) is 2.94. The first-order valence-corrected chi connectivity index (χ1v) is 10.2. The van der Waals surface area contributed by atoms with Crippen LogP contribution in [0.25, 0.3) is 0 Å². The van der Waals surface area contributed by atoms with Gasteiger partial charge in [0.15, 0.2) is 0 Å². The maximum Gasteiger partial charge on any atom is 0.0760 e. The molecule has 0 aromatic carbocycles. The molecule has 1 nitrogen and oxygen atoms in total. The Bertz CT molecular complexity index is 465. The molecule has 4 aliphatic carbocycles. The minimum Gasteiger partial charge on any atom is -0.374 e. The summed E-state index contributed by atoms with van der Waals surface area (Å²) >= 11 is 0. The summed E-state index contributed by atoms with van der Waals surface area (Å²) in [6.45, 7) is 6.35. The molecule has 0 N–H and O–H groups in total. The summed E-state index contributed by atoms with van der Waals surface area (Å²) in [5.41, 5.74) is 1.52. The van der Waals surface area contributed by atoms with Crippen LogP contribution in [-0.2, 0) is 4.74 Å². The zero-order valence-corrected chi connectivity index (χ0v) is 14.7. The van der Waals surface area contributed by atoms with Crippen molar-refractivity contribution in [2.75, 3.05) is 6.61 Å². The molecule has 0 amide bonds. The van der Waals surface area contributed by atoms with Crippen LogP contribution in [0.4, 0.5) is 0 Å². The SMILES string of the molecule is C[C@]12CCCC[C@@H]1CC[C@@H]1[C@H]3CC[C@@]4(CCO4)[C@@]3(C)CC[C@@H]12. The van der Waals surface area contributed by atoms with E-state index in [9.17, 15) is 0 Å². The normalized spacial score (nSPS) is 60.3. The van der Waals surface area contributed by atoms with Crippen LogP contribution in [0.1, 0.15) is 84.5 Å². The van der Waals surface area contributed by atoms with E-state index in [1.165, 1.54) is 64.2 Å². The predicted octanol–water partition coefficient (Wildman–Crippen LogP) is 5.58. The Morgan fingerprint density at radius 3 is 2.36 bits per heavy atom. The minimum absolute atomic E-state index is 0.312. The van der Waals surface area contributed by atoms with Crippen LogP contribution in [-0.4, -0.2) is 12.2 Å². The highest BCUT2D eigenvalue weighted by Gasteiger charge is 2.66. The number of rotatable bonds is 0. The highest BCUT2D eigenvalue weighted by molar-refractivity contribution is 5.16. The second kappa shape index (κ2) is 4.52. The summed E-state index contributed by atoms with van der Waals surface area (Å²) in [6, 6.07) is 0. The summed E-state index contributed by atoms with van der Waals surface area (Å²) in [4.78, 5) is 0. The van der Waals surface area contributed by atoms with Gasteiger partial charge in [0.1, 0.15) is 0 Å². The van der Waals surface area contributed by atoms with Crippen molar-refractivity contribution in [1.82, 2.24) is 0 Å². The van der Waals surface area contributed by atoms with E-state index in [1.807, 2.05) is 0 Å². The van der Waals surface area contributed by atoms with Crippen molar-refractivity contribution in [1.29, 1.82) is 0 Å².